The Kier molecular flexibility index (Phi) is 6.32. The van der Waals surface area contributed by atoms with Crippen molar-refractivity contribution in [1.29, 1.82) is 0 Å². The number of carbonyl (C=O) groups excluding carboxylic acids is 1. The van der Waals surface area contributed by atoms with E-state index in [1.807, 2.05) is 28.5 Å². The van der Waals surface area contributed by atoms with Crippen molar-refractivity contribution in [2.24, 2.45) is 0 Å². The lowest BCUT2D eigenvalue weighted by Gasteiger charge is -2.25. The van der Waals surface area contributed by atoms with Crippen molar-refractivity contribution in [3.63, 3.8) is 0 Å². The van der Waals surface area contributed by atoms with E-state index in [0.717, 1.165) is 58.5 Å². The van der Waals surface area contributed by atoms with E-state index in [0.29, 0.717) is 19.0 Å². The van der Waals surface area contributed by atoms with Gasteiger partial charge in [0.25, 0.3) is 0 Å². The second-order valence-electron chi connectivity index (χ2n) is 7.80. The van der Waals surface area contributed by atoms with Gasteiger partial charge in [-0.25, -0.2) is 9.37 Å². The number of aromatic nitrogens is 1. The molecule has 8 heteroatoms. The summed E-state index contributed by atoms with van der Waals surface area (Å²) in [4.78, 5) is 19.6. The van der Waals surface area contributed by atoms with Gasteiger partial charge in [-0.15, -0.1) is 11.3 Å². The van der Waals surface area contributed by atoms with Crippen LogP contribution in [-0.2, 0) is 4.79 Å². The summed E-state index contributed by atoms with van der Waals surface area (Å²) in [5.41, 5.74) is 2.77. The fraction of sp³-hybridized carbons (Fsp3) is 0.333. The van der Waals surface area contributed by atoms with Crippen molar-refractivity contribution in [1.82, 2.24) is 9.88 Å². The summed E-state index contributed by atoms with van der Waals surface area (Å²) in [6.07, 6.45) is 2.80. The highest BCUT2D eigenvalue weighted by atomic mass is 32.2. The van der Waals surface area contributed by atoms with Crippen molar-refractivity contribution < 1.29 is 18.7 Å². The number of amides is 1. The number of benzene rings is 2. The van der Waals surface area contributed by atoms with E-state index >= 15 is 0 Å². The molecule has 1 amide bonds. The van der Waals surface area contributed by atoms with Gasteiger partial charge in [0.05, 0.1) is 30.7 Å². The summed E-state index contributed by atoms with van der Waals surface area (Å²) in [6.45, 7) is 2.07. The predicted octanol–water partition coefficient (Wildman–Crippen LogP) is 5.57. The molecule has 1 fully saturated rings. The summed E-state index contributed by atoms with van der Waals surface area (Å²) in [5, 5.41) is 1.94. The zero-order chi connectivity index (χ0) is 21.9. The Morgan fingerprint density at radius 1 is 1.12 bits per heavy atom. The summed E-state index contributed by atoms with van der Waals surface area (Å²) in [7, 11) is 0. The third kappa shape index (κ3) is 4.61. The number of hydrogen-bond acceptors (Lipinski definition) is 6. The molecular formula is C24H23FN2O3S2. The summed E-state index contributed by atoms with van der Waals surface area (Å²) in [6, 6.07) is 12.4. The molecule has 1 atom stereocenters. The number of nitrogens with zero attached hydrogens (tertiary/aromatic N) is 2. The third-order valence-corrected chi connectivity index (χ3v) is 7.68. The molecular weight excluding hydrogens is 447 g/mol. The van der Waals surface area contributed by atoms with Crippen LogP contribution in [0.4, 0.5) is 4.39 Å². The Bertz CT molecular complexity index is 1100. The maximum atomic E-state index is 13.1. The van der Waals surface area contributed by atoms with Crippen LogP contribution in [0.5, 0.6) is 11.5 Å². The zero-order valence-electron chi connectivity index (χ0n) is 17.5. The van der Waals surface area contributed by atoms with Gasteiger partial charge in [0, 0.05) is 23.9 Å². The van der Waals surface area contributed by atoms with Crippen LogP contribution in [0.15, 0.2) is 52.2 Å². The van der Waals surface area contributed by atoms with E-state index in [-0.39, 0.29) is 17.8 Å². The van der Waals surface area contributed by atoms with Crippen LogP contribution >= 0.6 is 23.1 Å². The van der Waals surface area contributed by atoms with E-state index in [2.05, 4.69) is 4.98 Å². The maximum Gasteiger partial charge on any atom is 0.233 e. The van der Waals surface area contributed by atoms with Crippen LogP contribution in [0, 0.1) is 5.82 Å². The van der Waals surface area contributed by atoms with Crippen molar-refractivity contribution in [2.75, 3.05) is 25.5 Å². The van der Waals surface area contributed by atoms with Crippen molar-refractivity contribution >= 4 is 29.0 Å². The zero-order valence-corrected chi connectivity index (χ0v) is 19.1. The van der Waals surface area contributed by atoms with Gasteiger partial charge in [0.2, 0.25) is 5.91 Å². The Morgan fingerprint density at radius 2 is 1.94 bits per heavy atom. The molecule has 32 heavy (non-hydrogen) atoms. The topological polar surface area (TPSA) is 51.7 Å². The average Bonchev–Trinajstić information content (AvgIpc) is 3.43. The lowest BCUT2D eigenvalue weighted by molar-refractivity contribution is -0.129. The number of halogens is 1. The second-order valence-corrected chi connectivity index (χ2v) is 9.88. The molecule has 0 N–H and O–H groups in total. The fourth-order valence-corrected chi connectivity index (χ4v) is 5.80. The number of ether oxygens (including phenoxy) is 2. The first-order valence-corrected chi connectivity index (χ1v) is 12.6. The van der Waals surface area contributed by atoms with Crippen LogP contribution in [0.25, 0.3) is 11.3 Å². The first-order valence-electron chi connectivity index (χ1n) is 10.7. The quantitative estimate of drug-likeness (QED) is 0.457. The SMILES string of the molecule is O=C(CSc1nc(-c2ccc(F)cc2)cs1)N1CCCC1c1ccc2c(c1)OCCCO2. The maximum absolute atomic E-state index is 13.1. The minimum atomic E-state index is -0.266. The third-order valence-electron chi connectivity index (χ3n) is 5.67. The first-order chi connectivity index (χ1) is 15.7. The first kappa shape index (κ1) is 21.3. The molecule has 0 spiro atoms. The molecule has 0 aliphatic carbocycles. The summed E-state index contributed by atoms with van der Waals surface area (Å²) in [5.74, 6) is 1.74. The average molecular weight is 471 g/mol. The van der Waals surface area contributed by atoms with E-state index in [9.17, 15) is 9.18 Å². The molecule has 3 aromatic rings. The number of thiazole rings is 1. The molecule has 5 nitrogen and oxygen atoms in total. The molecule has 2 aromatic carbocycles. The van der Waals surface area contributed by atoms with E-state index in [1.54, 1.807) is 12.1 Å². The number of thioether (sulfide) groups is 1. The van der Waals surface area contributed by atoms with E-state index < -0.39 is 0 Å². The van der Waals surface area contributed by atoms with Gasteiger partial charge < -0.3 is 14.4 Å². The van der Waals surface area contributed by atoms with Crippen LogP contribution in [-0.4, -0.2) is 41.3 Å². The number of carbonyl (C=O) groups is 1. The monoisotopic (exact) mass is 470 g/mol. The van der Waals surface area contributed by atoms with E-state index in [1.165, 1.54) is 35.2 Å². The van der Waals surface area contributed by atoms with Crippen LogP contribution < -0.4 is 9.47 Å². The van der Waals surface area contributed by atoms with E-state index in [4.69, 9.17) is 9.47 Å². The lowest BCUT2D eigenvalue weighted by Crippen LogP contribution is -2.32. The van der Waals surface area contributed by atoms with Crippen molar-refractivity contribution in [3.05, 3.63) is 59.2 Å². The molecule has 0 saturated carbocycles. The molecule has 1 saturated heterocycles. The molecule has 1 aromatic heterocycles. The fourth-order valence-electron chi connectivity index (χ4n) is 4.08. The van der Waals surface area contributed by atoms with Gasteiger partial charge in [0.15, 0.2) is 15.8 Å². The van der Waals surface area contributed by atoms with Crippen molar-refractivity contribution in [2.45, 2.75) is 29.6 Å². The Balaban J connectivity index is 1.24. The van der Waals surface area contributed by atoms with Gasteiger partial charge in [-0.2, -0.15) is 0 Å². The standard InChI is InChI=1S/C24H23FN2O3S2/c25-18-7-4-16(5-8-18)19-14-31-24(26-19)32-15-23(28)27-10-1-3-20(27)17-6-9-21-22(13-17)30-12-2-11-29-21/h4-9,13-14,20H,1-3,10-12,15H2. The van der Waals surface area contributed by atoms with Crippen LogP contribution in [0.1, 0.15) is 30.9 Å². The molecule has 1 unspecified atom stereocenters. The van der Waals surface area contributed by atoms with Gasteiger partial charge in [-0.3, -0.25) is 4.79 Å². The van der Waals surface area contributed by atoms with Gasteiger partial charge in [-0.1, -0.05) is 17.8 Å². The highest BCUT2D eigenvalue weighted by Crippen LogP contribution is 2.38. The predicted molar refractivity (Wildman–Crippen MR) is 124 cm³/mol. The van der Waals surface area contributed by atoms with Crippen LogP contribution in [0.2, 0.25) is 0 Å². The molecule has 2 aliphatic heterocycles. The molecule has 5 rings (SSSR count). The number of likely N-dealkylation sites (tertiary alicyclic amines) is 1. The van der Waals surface area contributed by atoms with Gasteiger partial charge in [-0.05, 0) is 54.8 Å². The van der Waals surface area contributed by atoms with Gasteiger partial charge >= 0.3 is 0 Å². The Labute approximate surface area is 194 Å². The van der Waals surface area contributed by atoms with Gasteiger partial charge in [0.1, 0.15) is 5.82 Å². The highest BCUT2D eigenvalue weighted by Gasteiger charge is 2.30. The summed E-state index contributed by atoms with van der Waals surface area (Å²) < 4.78 is 25.5. The summed E-state index contributed by atoms with van der Waals surface area (Å²) >= 11 is 2.96. The Morgan fingerprint density at radius 3 is 2.78 bits per heavy atom. The smallest absolute Gasteiger partial charge is 0.233 e. The number of hydrogen-bond donors (Lipinski definition) is 0. The molecule has 0 radical (unpaired) electrons. The van der Waals surface area contributed by atoms with Crippen LogP contribution in [0.3, 0.4) is 0 Å². The lowest BCUT2D eigenvalue weighted by atomic mass is 10.0. The molecule has 0 bridgehead atoms. The normalized spacial score (nSPS) is 17.9. The Hall–Kier alpha value is -2.58. The highest BCUT2D eigenvalue weighted by molar-refractivity contribution is 8.01. The largest absolute Gasteiger partial charge is 0.490 e. The molecule has 2 aliphatic rings. The number of fused-ring (bicyclic) bond motifs is 1. The molecule has 166 valence electrons. The second kappa shape index (κ2) is 9.50. The molecule has 3 heterocycles. The minimum Gasteiger partial charge on any atom is -0.490 e. The van der Waals surface area contributed by atoms with Crippen molar-refractivity contribution in [3.8, 4) is 22.8 Å². The number of rotatable bonds is 5. The minimum absolute atomic E-state index is 0.0614.